The van der Waals surface area contributed by atoms with Crippen molar-refractivity contribution in [2.75, 3.05) is 0 Å². The van der Waals surface area contributed by atoms with Crippen LogP contribution in [0.1, 0.15) is 0 Å². The fraction of sp³-hybridized carbons (Fsp3) is 1.00. The molecule has 13 heavy (non-hydrogen) atoms. The van der Waals surface area contributed by atoms with Crippen molar-refractivity contribution >= 4 is 16.5 Å². The van der Waals surface area contributed by atoms with Crippen molar-refractivity contribution < 1.29 is 18.9 Å². The number of nitrogens with one attached hydrogen (secondary N) is 1. The van der Waals surface area contributed by atoms with Gasteiger partial charge in [0.1, 0.15) is 16.5 Å². The molecule has 0 fully saturated rings. The average Bonchev–Trinajstić information content (AvgIpc) is 1.53. The van der Waals surface area contributed by atoms with E-state index in [-0.39, 0.29) is 18.9 Å². The van der Waals surface area contributed by atoms with E-state index in [1.54, 1.807) is 0 Å². The van der Waals surface area contributed by atoms with E-state index in [0.717, 1.165) is 0 Å². The standard InChI is InChI=1S/C6H19NSi2.Li.N3/c1-8(2,3)7-9(4,5)6;;1-3-2/h7H,1-6H3;;/q;+1;-1. The first kappa shape index (κ1) is 19.0. The van der Waals surface area contributed by atoms with Gasteiger partial charge in [-0.05, 0) is 0 Å². The van der Waals surface area contributed by atoms with Crippen LogP contribution in [0.4, 0.5) is 0 Å². The van der Waals surface area contributed by atoms with Crippen LogP contribution in [0, 0.1) is 0 Å². The van der Waals surface area contributed by atoms with Crippen LogP contribution in [0.5, 0.6) is 0 Å². The molecule has 0 saturated heterocycles. The van der Waals surface area contributed by atoms with Crippen LogP contribution >= 0.6 is 0 Å². The molecule has 0 aliphatic rings. The van der Waals surface area contributed by atoms with Gasteiger partial charge in [-0.2, -0.15) is 0 Å². The fourth-order valence-corrected chi connectivity index (χ4v) is 10.1. The SMILES string of the molecule is C[Si](C)(C)N[Si](C)(C)C.[Li+].[N-]=[N+]=[N-]. The molecule has 0 spiro atoms. The van der Waals surface area contributed by atoms with E-state index in [1.165, 1.54) is 4.91 Å². The second kappa shape index (κ2) is 7.68. The Labute approximate surface area is 95.3 Å². The fourth-order valence-electron chi connectivity index (χ4n) is 1.12. The molecule has 1 N–H and O–H groups in total. The maximum absolute atomic E-state index is 6.75. The van der Waals surface area contributed by atoms with Crippen LogP contribution in [0.15, 0.2) is 0 Å². The topological polar surface area (TPSA) is 70.7 Å². The minimum Gasteiger partial charge on any atom is -0.373 e. The maximum Gasteiger partial charge on any atom is 1.00 e. The Morgan fingerprint density at radius 1 is 0.846 bits per heavy atom. The van der Waals surface area contributed by atoms with E-state index in [4.69, 9.17) is 11.1 Å². The van der Waals surface area contributed by atoms with Crippen molar-refractivity contribution in [2.24, 2.45) is 0 Å². The third kappa shape index (κ3) is 32.9. The summed E-state index contributed by atoms with van der Waals surface area (Å²) < 4.78 is 3.74. The number of hydrogen-bond donors (Lipinski definition) is 1. The number of hydrogen-bond acceptors (Lipinski definition) is 1. The summed E-state index contributed by atoms with van der Waals surface area (Å²) in [5.41, 5.74) is 13.5. The molecule has 0 unspecified atom stereocenters. The Bertz CT molecular complexity index is 143. The summed E-state index contributed by atoms with van der Waals surface area (Å²) in [6.07, 6.45) is 0. The summed E-state index contributed by atoms with van der Waals surface area (Å²) in [7, 11) is -1.96. The molecule has 0 rings (SSSR count). The number of nitrogens with zero attached hydrogens (tertiary/aromatic N) is 3. The van der Waals surface area contributed by atoms with E-state index in [0.29, 0.717) is 0 Å². The van der Waals surface area contributed by atoms with Crippen molar-refractivity contribution in [1.29, 1.82) is 0 Å². The third-order valence-electron chi connectivity index (χ3n) is 0.750. The molecule has 4 nitrogen and oxygen atoms in total. The molecule has 0 aromatic carbocycles. The first-order valence-electron chi connectivity index (χ1n) is 3.90. The Hall–Kier alpha value is 0.301. The molecule has 0 heterocycles. The van der Waals surface area contributed by atoms with Gasteiger partial charge in [-0.3, -0.25) is 4.91 Å². The molecule has 0 aromatic heterocycles. The molecule has 0 saturated carbocycles. The van der Waals surface area contributed by atoms with Crippen LogP contribution < -0.4 is 23.5 Å². The van der Waals surface area contributed by atoms with Gasteiger partial charge in [0.05, 0.1) is 0 Å². The first-order chi connectivity index (χ1) is 5.12. The Kier molecular flexibility index (Phi) is 11.2. The quantitative estimate of drug-likeness (QED) is 0.299. The van der Waals surface area contributed by atoms with Gasteiger partial charge < -0.3 is 15.7 Å². The zero-order chi connectivity index (χ0) is 10.4. The molecule has 0 radical (unpaired) electrons. The summed E-state index contributed by atoms with van der Waals surface area (Å²) in [5.74, 6) is 0. The summed E-state index contributed by atoms with van der Waals surface area (Å²) >= 11 is 0. The Morgan fingerprint density at radius 2 is 1.00 bits per heavy atom. The van der Waals surface area contributed by atoms with Gasteiger partial charge >= 0.3 is 18.9 Å². The van der Waals surface area contributed by atoms with Crippen LogP contribution in [0.3, 0.4) is 0 Å². The van der Waals surface area contributed by atoms with Crippen LogP contribution in [-0.2, 0) is 0 Å². The molecule has 0 aliphatic carbocycles. The van der Waals surface area contributed by atoms with Gasteiger partial charge in [0.15, 0.2) is 0 Å². The normalized spacial score (nSPS) is 10.3. The van der Waals surface area contributed by atoms with Crippen LogP contribution in [0.2, 0.25) is 39.3 Å². The molecule has 0 bridgehead atoms. The summed E-state index contributed by atoms with van der Waals surface area (Å²) in [6, 6.07) is 0. The third-order valence-corrected chi connectivity index (χ3v) is 6.75. The minimum atomic E-state index is -0.981. The first-order valence-corrected chi connectivity index (χ1v) is 10.9. The van der Waals surface area contributed by atoms with Crippen molar-refractivity contribution in [2.45, 2.75) is 39.3 Å². The van der Waals surface area contributed by atoms with Crippen LogP contribution in [0.25, 0.3) is 16.0 Å². The average molecular weight is 210 g/mol. The Morgan fingerprint density at radius 3 is 1.00 bits per heavy atom. The van der Waals surface area contributed by atoms with Crippen molar-refractivity contribution in [3.63, 3.8) is 0 Å². The van der Waals surface area contributed by atoms with Gasteiger partial charge in [-0.1, -0.05) is 39.3 Å². The molecule has 72 valence electrons. The Balaban J connectivity index is -0.000000220. The summed E-state index contributed by atoms with van der Waals surface area (Å²) in [4.78, 5) is 1.50. The van der Waals surface area contributed by atoms with Crippen molar-refractivity contribution in [3.05, 3.63) is 16.0 Å². The molecule has 0 amide bonds. The van der Waals surface area contributed by atoms with E-state index >= 15 is 0 Å². The van der Waals surface area contributed by atoms with Crippen molar-refractivity contribution in [1.82, 2.24) is 4.65 Å². The second-order valence-corrected chi connectivity index (χ2v) is 14.7. The zero-order valence-corrected chi connectivity index (χ0v) is 11.8. The van der Waals surface area contributed by atoms with E-state index in [1.807, 2.05) is 0 Å². The minimum absolute atomic E-state index is 0. The van der Waals surface area contributed by atoms with Gasteiger partial charge in [-0.25, -0.2) is 0 Å². The number of rotatable bonds is 2. The van der Waals surface area contributed by atoms with Gasteiger partial charge in [0, 0.05) is 0 Å². The molecule has 0 atom stereocenters. The van der Waals surface area contributed by atoms with Gasteiger partial charge in [0.25, 0.3) is 0 Å². The predicted molar refractivity (Wildman–Crippen MR) is 59.9 cm³/mol. The zero-order valence-electron chi connectivity index (χ0n) is 9.84. The van der Waals surface area contributed by atoms with E-state index in [9.17, 15) is 0 Å². The molecule has 0 aliphatic heterocycles. The van der Waals surface area contributed by atoms with Crippen molar-refractivity contribution in [3.8, 4) is 0 Å². The summed E-state index contributed by atoms with van der Waals surface area (Å²) in [5, 5.41) is 0. The predicted octanol–water partition coefficient (Wildman–Crippen LogP) is 0.116. The smallest absolute Gasteiger partial charge is 0.373 e. The largest absolute Gasteiger partial charge is 1.00 e. The van der Waals surface area contributed by atoms with Gasteiger partial charge in [-0.15, -0.1) is 0 Å². The van der Waals surface area contributed by atoms with E-state index in [2.05, 4.69) is 43.9 Å². The molecule has 0 aromatic rings. The molecular formula is C6H19LiN4Si2. The van der Waals surface area contributed by atoms with Gasteiger partial charge in [0.2, 0.25) is 0 Å². The molecular weight excluding hydrogens is 191 g/mol. The maximum atomic E-state index is 6.75. The summed E-state index contributed by atoms with van der Waals surface area (Å²) in [6.45, 7) is 14.1. The van der Waals surface area contributed by atoms with Crippen LogP contribution in [-0.4, -0.2) is 16.5 Å². The molecule has 7 heteroatoms. The monoisotopic (exact) mass is 210 g/mol. The second-order valence-electron chi connectivity index (χ2n) is 4.71. The van der Waals surface area contributed by atoms with E-state index < -0.39 is 16.5 Å².